The Labute approximate surface area is 166 Å². The van der Waals surface area contributed by atoms with Crippen molar-refractivity contribution in [1.82, 2.24) is 9.88 Å². The molecule has 5 rings (SSSR count). The van der Waals surface area contributed by atoms with Gasteiger partial charge in [0.05, 0.1) is 18.8 Å². The normalized spacial score (nSPS) is 21.2. The predicted octanol–water partition coefficient (Wildman–Crippen LogP) is 4.28. The SMILES string of the molecule is COc1ccc2[nH]c3c(c2c1)CC1C(=O)N(c2ccc(Cl)cc2)C(=O)N1C3C. The molecule has 142 valence electrons. The van der Waals surface area contributed by atoms with Crippen molar-refractivity contribution in [2.24, 2.45) is 0 Å². The van der Waals surface area contributed by atoms with Crippen LogP contribution in [0.2, 0.25) is 5.02 Å². The average Bonchev–Trinajstić information content (AvgIpc) is 3.18. The monoisotopic (exact) mass is 395 g/mol. The first kappa shape index (κ1) is 17.1. The lowest BCUT2D eigenvalue weighted by Gasteiger charge is -2.33. The van der Waals surface area contributed by atoms with Crippen LogP contribution in [0.5, 0.6) is 5.75 Å². The van der Waals surface area contributed by atoms with E-state index >= 15 is 0 Å². The van der Waals surface area contributed by atoms with Gasteiger partial charge in [0, 0.05) is 28.0 Å². The van der Waals surface area contributed by atoms with Gasteiger partial charge in [-0.2, -0.15) is 0 Å². The van der Waals surface area contributed by atoms with Crippen LogP contribution in [0.3, 0.4) is 0 Å². The lowest BCUT2D eigenvalue weighted by molar-refractivity contribution is -0.120. The zero-order chi connectivity index (χ0) is 19.6. The van der Waals surface area contributed by atoms with E-state index in [1.807, 2.05) is 25.1 Å². The zero-order valence-electron chi connectivity index (χ0n) is 15.4. The second kappa shape index (κ2) is 6.01. The quantitative estimate of drug-likeness (QED) is 0.658. The van der Waals surface area contributed by atoms with Crippen LogP contribution in [-0.4, -0.2) is 35.0 Å². The molecule has 3 heterocycles. The van der Waals surface area contributed by atoms with E-state index < -0.39 is 6.04 Å². The molecule has 2 aromatic carbocycles. The van der Waals surface area contributed by atoms with Crippen molar-refractivity contribution in [3.8, 4) is 5.75 Å². The first-order valence-corrected chi connectivity index (χ1v) is 9.47. The summed E-state index contributed by atoms with van der Waals surface area (Å²) in [4.78, 5) is 32.7. The number of hydrogen-bond donors (Lipinski definition) is 1. The van der Waals surface area contributed by atoms with Gasteiger partial charge in [0.15, 0.2) is 0 Å². The van der Waals surface area contributed by atoms with E-state index in [1.54, 1.807) is 36.3 Å². The lowest BCUT2D eigenvalue weighted by atomic mass is 9.93. The molecule has 1 N–H and O–H groups in total. The third kappa shape index (κ3) is 2.27. The summed E-state index contributed by atoms with van der Waals surface area (Å²) in [5.41, 5.74) is 3.56. The van der Waals surface area contributed by atoms with Gasteiger partial charge in [-0.25, -0.2) is 9.69 Å². The predicted molar refractivity (Wildman–Crippen MR) is 107 cm³/mol. The van der Waals surface area contributed by atoms with Crippen LogP contribution in [-0.2, 0) is 11.2 Å². The molecule has 2 aliphatic heterocycles. The van der Waals surface area contributed by atoms with Crippen LogP contribution in [0.4, 0.5) is 10.5 Å². The number of hydrogen-bond acceptors (Lipinski definition) is 3. The molecule has 7 heteroatoms. The molecule has 0 bridgehead atoms. The Morgan fingerprint density at radius 3 is 2.61 bits per heavy atom. The summed E-state index contributed by atoms with van der Waals surface area (Å²) in [5.74, 6) is 0.558. The molecule has 1 aromatic heterocycles. The van der Waals surface area contributed by atoms with Gasteiger partial charge in [0.1, 0.15) is 11.8 Å². The molecule has 3 amide bonds. The van der Waals surface area contributed by atoms with Gasteiger partial charge in [0.25, 0.3) is 5.91 Å². The Morgan fingerprint density at radius 2 is 1.89 bits per heavy atom. The molecule has 0 spiro atoms. The molecule has 2 atom stereocenters. The van der Waals surface area contributed by atoms with Crippen molar-refractivity contribution < 1.29 is 14.3 Å². The number of carbonyl (C=O) groups excluding carboxylic acids is 2. The summed E-state index contributed by atoms with van der Waals surface area (Å²) in [6.07, 6.45) is 0.474. The summed E-state index contributed by atoms with van der Waals surface area (Å²) >= 11 is 5.95. The van der Waals surface area contributed by atoms with Gasteiger partial charge >= 0.3 is 6.03 Å². The molecule has 0 saturated carbocycles. The highest BCUT2D eigenvalue weighted by Gasteiger charge is 2.51. The number of nitrogens with zero attached hydrogens (tertiary/aromatic N) is 2. The van der Waals surface area contributed by atoms with Crippen molar-refractivity contribution in [3.63, 3.8) is 0 Å². The second-order valence-electron chi connectivity index (χ2n) is 7.16. The van der Waals surface area contributed by atoms with Crippen LogP contribution < -0.4 is 9.64 Å². The van der Waals surface area contributed by atoms with E-state index in [1.165, 1.54) is 4.90 Å². The molecule has 0 radical (unpaired) electrons. The molecule has 1 saturated heterocycles. The largest absolute Gasteiger partial charge is 0.497 e. The number of aromatic amines is 1. The van der Waals surface area contributed by atoms with E-state index in [-0.39, 0.29) is 18.0 Å². The van der Waals surface area contributed by atoms with Crippen LogP contribution in [0, 0.1) is 0 Å². The van der Waals surface area contributed by atoms with Crippen LogP contribution >= 0.6 is 11.6 Å². The van der Waals surface area contributed by atoms with Crippen molar-refractivity contribution >= 4 is 40.1 Å². The molecule has 28 heavy (non-hydrogen) atoms. The van der Waals surface area contributed by atoms with Gasteiger partial charge in [0.2, 0.25) is 0 Å². The number of halogens is 1. The number of anilines is 1. The minimum atomic E-state index is -0.518. The van der Waals surface area contributed by atoms with Crippen molar-refractivity contribution in [1.29, 1.82) is 0 Å². The van der Waals surface area contributed by atoms with E-state index in [2.05, 4.69) is 4.98 Å². The number of urea groups is 1. The number of ether oxygens (including phenoxy) is 1. The highest BCUT2D eigenvalue weighted by molar-refractivity contribution is 6.30. The van der Waals surface area contributed by atoms with Crippen molar-refractivity contribution in [2.45, 2.75) is 25.4 Å². The van der Waals surface area contributed by atoms with Gasteiger partial charge in [-0.05, 0) is 55.0 Å². The van der Waals surface area contributed by atoms with Crippen molar-refractivity contribution in [2.75, 3.05) is 12.0 Å². The number of imide groups is 1. The zero-order valence-corrected chi connectivity index (χ0v) is 16.2. The number of fused-ring (bicyclic) bond motifs is 4. The number of rotatable bonds is 2. The lowest BCUT2D eigenvalue weighted by Crippen LogP contribution is -2.42. The average molecular weight is 396 g/mol. The third-order valence-corrected chi connectivity index (χ3v) is 5.97. The van der Waals surface area contributed by atoms with Gasteiger partial charge in [-0.1, -0.05) is 11.6 Å². The Balaban J connectivity index is 1.59. The smallest absolute Gasteiger partial charge is 0.332 e. The minimum absolute atomic E-state index is 0.206. The van der Waals surface area contributed by atoms with Gasteiger partial charge < -0.3 is 14.6 Å². The topological polar surface area (TPSA) is 65.6 Å². The summed E-state index contributed by atoms with van der Waals surface area (Å²) in [6.45, 7) is 1.95. The van der Waals surface area contributed by atoms with Crippen LogP contribution in [0.1, 0.15) is 24.2 Å². The fourth-order valence-electron chi connectivity index (χ4n) is 4.34. The summed E-state index contributed by atoms with van der Waals surface area (Å²) in [7, 11) is 1.63. The summed E-state index contributed by atoms with van der Waals surface area (Å²) < 4.78 is 5.35. The number of carbonyl (C=O) groups is 2. The van der Waals surface area contributed by atoms with E-state index in [9.17, 15) is 9.59 Å². The molecule has 2 unspecified atom stereocenters. The molecule has 1 fully saturated rings. The maximum Gasteiger partial charge on any atom is 0.332 e. The third-order valence-electron chi connectivity index (χ3n) is 5.72. The van der Waals surface area contributed by atoms with Crippen LogP contribution in [0.15, 0.2) is 42.5 Å². The summed E-state index contributed by atoms with van der Waals surface area (Å²) in [6, 6.07) is 11.5. The number of methoxy groups -OCH3 is 1. The second-order valence-corrected chi connectivity index (χ2v) is 7.60. The van der Waals surface area contributed by atoms with E-state index in [0.717, 1.165) is 27.9 Å². The number of amides is 3. The minimum Gasteiger partial charge on any atom is -0.497 e. The maximum absolute atomic E-state index is 13.2. The highest BCUT2D eigenvalue weighted by atomic mass is 35.5. The number of aromatic nitrogens is 1. The fourth-order valence-corrected chi connectivity index (χ4v) is 4.47. The van der Waals surface area contributed by atoms with E-state index in [0.29, 0.717) is 17.1 Å². The molecule has 6 nitrogen and oxygen atoms in total. The molecular formula is C21H18ClN3O3. The van der Waals surface area contributed by atoms with Crippen molar-refractivity contribution in [3.05, 3.63) is 58.7 Å². The van der Waals surface area contributed by atoms with Crippen LogP contribution in [0.25, 0.3) is 10.9 Å². The Bertz CT molecular complexity index is 1120. The van der Waals surface area contributed by atoms with Gasteiger partial charge in [-0.15, -0.1) is 0 Å². The summed E-state index contributed by atoms with van der Waals surface area (Å²) in [5, 5.41) is 1.59. The fraction of sp³-hybridized carbons (Fsp3) is 0.238. The number of nitrogens with one attached hydrogen (secondary N) is 1. The first-order valence-electron chi connectivity index (χ1n) is 9.10. The number of H-pyrrole nitrogens is 1. The molecule has 3 aromatic rings. The highest BCUT2D eigenvalue weighted by Crippen LogP contribution is 2.42. The van der Waals surface area contributed by atoms with Gasteiger partial charge in [-0.3, -0.25) is 4.79 Å². The molecule has 0 aliphatic carbocycles. The Hall–Kier alpha value is -2.99. The van der Waals surface area contributed by atoms with E-state index in [4.69, 9.17) is 16.3 Å². The maximum atomic E-state index is 13.2. The number of benzene rings is 2. The Morgan fingerprint density at radius 1 is 1.14 bits per heavy atom. The Kier molecular flexibility index (Phi) is 3.67. The first-order chi connectivity index (χ1) is 13.5. The molecular weight excluding hydrogens is 378 g/mol. The standard InChI is InChI=1S/C21H18ClN3O3/c1-11-19-16(15-9-14(28-2)7-8-17(15)23-19)10-18-20(26)25(21(27)24(11)18)13-5-3-12(22)4-6-13/h3-9,11,18,23H,10H2,1-2H3. The molecule has 2 aliphatic rings.